The third-order valence-electron chi connectivity index (χ3n) is 8.31. The molecule has 41 heavy (non-hydrogen) atoms. The number of carbonyl (C=O) groups is 1. The number of nitrogens with one attached hydrogen (secondary N) is 1. The van der Waals surface area contributed by atoms with Crippen molar-refractivity contribution < 1.29 is 13.2 Å². The van der Waals surface area contributed by atoms with E-state index in [0.29, 0.717) is 40.1 Å². The minimum absolute atomic E-state index is 0.0283. The van der Waals surface area contributed by atoms with Gasteiger partial charge in [0.1, 0.15) is 0 Å². The summed E-state index contributed by atoms with van der Waals surface area (Å²) < 4.78 is 29.9. The number of benzene rings is 3. The highest BCUT2D eigenvalue weighted by molar-refractivity contribution is 7.92. The monoisotopic (exact) mass is 569 g/mol. The summed E-state index contributed by atoms with van der Waals surface area (Å²) in [5, 5.41) is 0.901. The molecule has 0 spiro atoms. The highest BCUT2D eigenvalue weighted by Gasteiger charge is 2.30. The summed E-state index contributed by atoms with van der Waals surface area (Å²) in [6, 6.07) is 21.0. The minimum Gasteiger partial charge on any atom is -0.399 e. The van der Waals surface area contributed by atoms with E-state index >= 15 is 0 Å². The Kier molecular flexibility index (Phi) is 7.40. The maximum atomic E-state index is 13.6. The summed E-state index contributed by atoms with van der Waals surface area (Å²) in [6.45, 7) is 5.71. The molecular formula is C32H35N5O3S. The van der Waals surface area contributed by atoms with Crippen molar-refractivity contribution >= 4 is 38.2 Å². The fourth-order valence-corrected chi connectivity index (χ4v) is 7.17. The fraction of sp³-hybridized carbons (Fsp3) is 0.312. The van der Waals surface area contributed by atoms with Crippen molar-refractivity contribution in [2.75, 3.05) is 36.6 Å². The number of aromatic nitrogens is 1. The van der Waals surface area contributed by atoms with Crippen molar-refractivity contribution in [1.82, 2.24) is 14.8 Å². The van der Waals surface area contributed by atoms with Crippen molar-refractivity contribution in [3.8, 4) is 11.1 Å². The van der Waals surface area contributed by atoms with Gasteiger partial charge >= 0.3 is 0 Å². The molecule has 212 valence electrons. The van der Waals surface area contributed by atoms with Gasteiger partial charge in [-0.1, -0.05) is 30.7 Å². The maximum Gasteiger partial charge on any atom is 0.262 e. The third-order valence-corrected chi connectivity index (χ3v) is 9.75. The van der Waals surface area contributed by atoms with Crippen molar-refractivity contribution in [1.29, 1.82) is 0 Å². The van der Waals surface area contributed by atoms with Crippen molar-refractivity contribution in [3.63, 3.8) is 0 Å². The molecule has 3 N–H and O–H groups in total. The predicted octanol–water partition coefficient (Wildman–Crippen LogP) is 5.23. The highest BCUT2D eigenvalue weighted by Crippen LogP contribution is 2.34. The lowest BCUT2D eigenvalue weighted by molar-refractivity contribution is 0.0424. The number of amides is 1. The number of fused-ring (bicyclic) bond motifs is 1. The summed E-state index contributed by atoms with van der Waals surface area (Å²) in [5.74, 6) is 0.785. The van der Waals surface area contributed by atoms with Crippen LogP contribution in [-0.2, 0) is 10.0 Å². The van der Waals surface area contributed by atoms with Crippen LogP contribution in [0, 0.1) is 5.92 Å². The van der Waals surface area contributed by atoms with Crippen LogP contribution in [0.15, 0.2) is 83.9 Å². The summed E-state index contributed by atoms with van der Waals surface area (Å²) >= 11 is 0. The first-order valence-electron chi connectivity index (χ1n) is 14.2. The first kappa shape index (κ1) is 27.2. The molecule has 8 nitrogen and oxygen atoms in total. The van der Waals surface area contributed by atoms with E-state index in [4.69, 9.17) is 5.73 Å². The number of pyridine rings is 1. The number of anilines is 2. The van der Waals surface area contributed by atoms with Gasteiger partial charge in [0.2, 0.25) is 0 Å². The van der Waals surface area contributed by atoms with E-state index in [1.807, 2.05) is 35.2 Å². The van der Waals surface area contributed by atoms with Crippen molar-refractivity contribution in [3.05, 3.63) is 84.6 Å². The quantitative estimate of drug-likeness (QED) is 0.295. The fourth-order valence-electron chi connectivity index (χ4n) is 5.91. The second kappa shape index (κ2) is 11.1. The van der Waals surface area contributed by atoms with Gasteiger partial charge in [-0.3, -0.25) is 19.4 Å². The van der Waals surface area contributed by atoms with Gasteiger partial charge in [-0.15, -0.1) is 0 Å². The zero-order valence-electron chi connectivity index (χ0n) is 23.2. The third kappa shape index (κ3) is 5.64. The molecule has 1 aromatic heterocycles. The van der Waals surface area contributed by atoms with Gasteiger partial charge in [-0.05, 0) is 74.2 Å². The van der Waals surface area contributed by atoms with Crippen LogP contribution in [0.5, 0.6) is 0 Å². The molecule has 2 aliphatic rings. The number of para-hydroxylation sites is 1. The molecule has 6 rings (SSSR count). The van der Waals surface area contributed by atoms with Gasteiger partial charge in [0, 0.05) is 71.9 Å². The van der Waals surface area contributed by atoms with Crippen LogP contribution in [-0.4, -0.2) is 61.3 Å². The van der Waals surface area contributed by atoms with Crippen LogP contribution in [0.1, 0.15) is 36.5 Å². The molecule has 9 heteroatoms. The lowest BCUT2D eigenvalue weighted by Gasteiger charge is -2.42. The Labute approximate surface area is 241 Å². The SMILES string of the molecule is C[C@H]1CN(CC2CCC2)CCN1C(=O)c1ccc(NS(=O)(=O)c2ccc(N)cc2-c2cccc3cccnc23)cc1. The molecule has 2 heterocycles. The number of rotatable bonds is 7. The Morgan fingerprint density at radius 2 is 1.78 bits per heavy atom. The Bertz CT molecular complexity index is 1680. The predicted molar refractivity (Wildman–Crippen MR) is 163 cm³/mol. The van der Waals surface area contributed by atoms with Crippen LogP contribution < -0.4 is 10.5 Å². The number of hydrogen-bond acceptors (Lipinski definition) is 6. The first-order valence-corrected chi connectivity index (χ1v) is 15.7. The van der Waals surface area contributed by atoms with Crippen molar-refractivity contribution in [2.24, 2.45) is 5.92 Å². The number of nitrogens with zero attached hydrogens (tertiary/aromatic N) is 3. The molecule has 0 unspecified atom stereocenters. The number of carbonyl (C=O) groups excluding carboxylic acids is 1. The average Bonchev–Trinajstić information content (AvgIpc) is 2.94. The maximum absolute atomic E-state index is 13.6. The standard InChI is InChI=1S/C32H35N5O3S/c1-22-20-36(21-23-5-2-6-23)17-18-37(22)32(38)25-10-13-27(14-11-25)35-41(39,40)30-15-12-26(33)19-29(30)28-9-3-7-24-8-4-16-34-31(24)28/h3-4,7-16,19,22-23,35H,2,5-6,17-18,20-21,33H2,1H3/t22-/m0/s1. The second-order valence-corrected chi connectivity index (χ2v) is 12.9. The lowest BCUT2D eigenvalue weighted by atomic mass is 9.85. The van der Waals surface area contributed by atoms with Gasteiger partial charge in [0.25, 0.3) is 15.9 Å². The molecule has 3 aromatic carbocycles. The van der Waals surface area contributed by atoms with E-state index < -0.39 is 10.0 Å². The number of sulfonamides is 1. The summed E-state index contributed by atoms with van der Waals surface area (Å²) in [6.07, 6.45) is 5.67. The zero-order valence-corrected chi connectivity index (χ0v) is 24.0. The Morgan fingerprint density at radius 3 is 2.51 bits per heavy atom. The van der Waals surface area contributed by atoms with Gasteiger partial charge in [-0.25, -0.2) is 8.42 Å². The number of hydrogen-bond donors (Lipinski definition) is 2. The average molecular weight is 570 g/mol. The second-order valence-electron chi connectivity index (χ2n) is 11.2. The van der Waals surface area contributed by atoms with E-state index in [-0.39, 0.29) is 16.8 Å². The van der Waals surface area contributed by atoms with Gasteiger partial charge in [-0.2, -0.15) is 0 Å². The summed E-state index contributed by atoms with van der Waals surface area (Å²) in [4.78, 5) is 22.3. The Balaban J connectivity index is 1.19. The molecule has 1 atom stereocenters. The molecular weight excluding hydrogens is 534 g/mol. The first-order chi connectivity index (χ1) is 19.8. The van der Waals surface area contributed by atoms with Crippen LogP contribution in [0.3, 0.4) is 0 Å². The van der Waals surface area contributed by atoms with Crippen LogP contribution in [0.2, 0.25) is 0 Å². The summed E-state index contributed by atoms with van der Waals surface area (Å²) in [5.41, 5.74) is 9.30. The van der Waals surface area contributed by atoms with E-state index in [1.165, 1.54) is 25.3 Å². The Hall–Kier alpha value is -3.95. The Morgan fingerprint density at radius 1 is 1.00 bits per heavy atom. The number of nitrogen functional groups attached to an aromatic ring is 1. The van der Waals surface area contributed by atoms with E-state index in [1.54, 1.807) is 42.6 Å². The van der Waals surface area contributed by atoms with E-state index in [9.17, 15) is 13.2 Å². The van der Waals surface area contributed by atoms with E-state index in [2.05, 4.69) is 21.5 Å². The smallest absolute Gasteiger partial charge is 0.262 e. The molecule has 1 aliphatic carbocycles. The topological polar surface area (TPSA) is 109 Å². The summed E-state index contributed by atoms with van der Waals surface area (Å²) in [7, 11) is -3.99. The molecule has 1 aliphatic heterocycles. The molecule has 1 saturated heterocycles. The van der Waals surface area contributed by atoms with Crippen LogP contribution in [0.25, 0.3) is 22.0 Å². The molecule has 4 aromatic rings. The van der Waals surface area contributed by atoms with Gasteiger partial charge in [0.15, 0.2) is 0 Å². The van der Waals surface area contributed by atoms with Gasteiger partial charge in [0.05, 0.1) is 10.4 Å². The van der Waals surface area contributed by atoms with Gasteiger partial charge < -0.3 is 10.6 Å². The molecule has 1 amide bonds. The largest absolute Gasteiger partial charge is 0.399 e. The zero-order chi connectivity index (χ0) is 28.6. The molecule has 1 saturated carbocycles. The molecule has 0 radical (unpaired) electrons. The lowest BCUT2D eigenvalue weighted by Crippen LogP contribution is -2.55. The highest BCUT2D eigenvalue weighted by atomic mass is 32.2. The van der Waals surface area contributed by atoms with Crippen LogP contribution in [0.4, 0.5) is 11.4 Å². The van der Waals surface area contributed by atoms with Crippen molar-refractivity contribution in [2.45, 2.75) is 37.1 Å². The van der Waals surface area contributed by atoms with Crippen LogP contribution >= 0.6 is 0 Å². The molecule has 2 fully saturated rings. The number of nitrogens with two attached hydrogens (primary N) is 1. The molecule has 0 bridgehead atoms. The normalized spacial score (nSPS) is 18.3. The minimum atomic E-state index is -3.99. The van der Waals surface area contributed by atoms with E-state index in [0.717, 1.165) is 30.9 Å². The number of piperazine rings is 1.